The molecule has 4 heterocycles. The van der Waals surface area contributed by atoms with Crippen molar-refractivity contribution >= 4 is 39.7 Å². The van der Waals surface area contributed by atoms with E-state index in [4.69, 9.17) is 28.6 Å². The van der Waals surface area contributed by atoms with E-state index in [0.717, 1.165) is 47.7 Å². The first-order valence-electron chi connectivity index (χ1n) is 14.8. The van der Waals surface area contributed by atoms with Crippen molar-refractivity contribution < 1.29 is 28.5 Å². The van der Waals surface area contributed by atoms with Crippen molar-refractivity contribution in [3.05, 3.63) is 54.0 Å². The first-order chi connectivity index (χ1) is 21.4. The number of likely N-dealkylation sites (tertiary alicyclic amines) is 1. The Morgan fingerprint density at radius 3 is 2.70 bits per heavy atom. The van der Waals surface area contributed by atoms with Gasteiger partial charge in [-0.2, -0.15) is 9.97 Å². The van der Waals surface area contributed by atoms with Crippen LogP contribution < -0.4 is 14.8 Å². The molecule has 2 atom stereocenters. The molecular formula is C32H34N6O6. The van der Waals surface area contributed by atoms with E-state index in [1.165, 1.54) is 14.2 Å². The van der Waals surface area contributed by atoms with Gasteiger partial charge in [-0.15, -0.1) is 0 Å². The summed E-state index contributed by atoms with van der Waals surface area (Å²) in [7, 11) is 3.07. The molecule has 1 aliphatic carbocycles. The number of β-amino-alcohol motifs (C(OH)–C–C–N with tert-alkyl or cyclic N) is 1. The molecule has 3 aromatic heterocycles. The van der Waals surface area contributed by atoms with E-state index in [1.54, 1.807) is 23.1 Å². The molecule has 1 saturated heterocycles. The lowest BCUT2D eigenvalue weighted by molar-refractivity contribution is 0.0215. The number of aromatic nitrogens is 4. The van der Waals surface area contributed by atoms with Gasteiger partial charge in [0.2, 0.25) is 11.8 Å². The first kappa shape index (κ1) is 28.1. The van der Waals surface area contributed by atoms with Gasteiger partial charge < -0.3 is 38.9 Å². The Balaban J connectivity index is 1.22. The maximum Gasteiger partial charge on any atom is 0.254 e. The summed E-state index contributed by atoms with van der Waals surface area (Å²) in [6.07, 6.45) is 5.04. The van der Waals surface area contributed by atoms with E-state index in [0.29, 0.717) is 52.5 Å². The van der Waals surface area contributed by atoms with Gasteiger partial charge in [0.15, 0.2) is 11.5 Å². The van der Waals surface area contributed by atoms with Crippen molar-refractivity contribution in [2.24, 2.45) is 0 Å². The van der Waals surface area contributed by atoms with E-state index in [1.807, 2.05) is 31.3 Å². The Hall–Kier alpha value is -4.68. The van der Waals surface area contributed by atoms with Crippen LogP contribution in [-0.4, -0.2) is 81.5 Å². The minimum atomic E-state index is -0.720. The monoisotopic (exact) mass is 598 g/mol. The van der Waals surface area contributed by atoms with E-state index in [9.17, 15) is 9.90 Å². The largest absolute Gasteiger partial charge is 0.495 e. The number of aliphatic hydroxyl groups excluding tert-OH is 1. The number of aliphatic hydroxyl groups is 1. The van der Waals surface area contributed by atoms with Crippen molar-refractivity contribution in [2.75, 3.05) is 32.6 Å². The van der Waals surface area contributed by atoms with Gasteiger partial charge in [0.1, 0.15) is 29.1 Å². The fourth-order valence-corrected chi connectivity index (χ4v) is 6.13. The second kappa shape index (κ2) is 11.4. The Morgan fingerprint density at radius 2 is 1.93 bits per heavy atom. The third-order valence-corrected chi connectivity index (χ3v) is 8.41. The van der Waals surface area contributed by atoms with E-state index in [-0.39, 0.29) is 18.6 Å². The number of oxazole rings is 1. The number of aryl methyl sites for hydroxylation is 1. The number of aromatic amines is 1. The average Bonchev–Trinajstić information content (AvgIpc) is 3.83. The molecule has 2 aliphatic rings. The Morgan fingerprint density at radius 1 is 1.09 bits per heavy atom. The van der Waals surface area contributed by atoms with Gasteiger partial charge in [-0.3, -0.25) is 4.79 Å². The highest BCUT2D eigenvalue weighted by Crippen LogP contribution is 2.38. The number of anilines is 2. The number of methoxy groups -OCH3 is 2. The topological polar surface area (TPSA) is 148 Å². The highest BCUT2D eigenvalue weighted by atomic mass is 16.5. The van der Waals surface area contributed by atoms with Crippen LogP contribution in [-0.2, 0) is 4.74 Å². The number of carbonyl (C=O) groups is 1. The summed E-state index contributed by atoms with van der Waals surface area (Å²) in [6.45, 7) is 2.36. The predicted octanol–water partition coefficient (Wildman–Crippen LogP) is 4.98. The molecule has 0 radical (unpaired) electrons. The smallest absolute Gasteiger partial charge is 0.254 e. The van der Waals surface area contributed by atoms with Crippen LogP contribution in [0.5, 0.6) is 11.6 Å². The van der Waals surface area contributed by atoms with Crippen LogP contribution in [0.2, 0.25) is 0 Å². The number of nitrogens with zero attached hydrogens (tertiary/aromatic N) is 4. The van der Waals surface area contributed by atoms with Crippen molar-refractivity contribution in [1.29, 1.82) is 0 Å². The van der Waals surface area contributed by atoms with Gasteiger partial charge in [0.05, 0.1) is 24.3 Å². The minimum absolute atomic E-state index is 0.0738. The summed E-state index contributed by atoms with van der Waals surface area (Å²) in [4.78, 5) is 32.1. The highest BCUT2D eigenvalue weighted by Gasteiger charge is 2.34. The zero-order valence-corrected chi connectivity index (χ0v) is 24.8. The highest BCUT2D eigenvalue weighted by molar-refractivity contribution is 5.99. The molecule has 44 heavy (non-hydrogen) atoms. The zero-order valence-electron chi connectivity index (χ0n) is 24.8. The van der Waals surface area contributed by atoms with Crippen LogP contribution in [0.4, 0.5) is 11.6 Å². The third-order valence-electron chi connectivity index (χ3n) is 8.41. The quantitative estimate of drug-likeness (QED) is 0.223. The number of ether oxygens (including phenoxy) is 3. The molecule has 5 aromatic rings. The summed E-state index contributed by atoms with van der Waals surface area (Å²) >= 11 is 0. The number of amides is 1. The van der Waals surface area contributed by atoms with Crippen LogP contribution in [0.15, 0.2) is 47.0 Å². The molecule has 1 aliphatic heterocycles. The molecule has 1 amide bonds. The van der Waals surface area contributed by atoms with Crippen LogP contribution in [0.1, 0.15) is 41.9 Å². The summed E-state index contributed by atoms with van der Waals surface area (Å²) in [5.41, 5.74) is 4.99. The summed E-state index contributed by atoms with van der Waals surface area (Å²) in [5, 5.41) is 14.2. The minimum Gasteiger partial charge on any atom is -0.495 e. The summed E-state index contributed by atoms with van der Waals surface area (Å²) in [5.74, 6) is 1.66. The normalized spacial score (nSPS) is 18.9. The number of rotatable bonds is 8. The molecule has 1 saturated carbocycles. The van der Waals surface area contributed by atoms with Gasteiger partial charge in [-0.1, -0.05) is 6.07 Å². The van der Waals surface area contributed by atoms with E-state index < -0.39 is 12.2 Å². The van der Waals surface area contributed by atoms with Gasteiger partial charge in [0, 0.05) is 44.4 Å². The van der Waals surface area contributed by atoms with Crippen molar-refractivity contribution in [3.8, 4) is 22.8 Å². The lowest BCUT2D eigenvalue weighted by atomic mass is 10.1. The zero-order chi connectivity index (χ0) is 30.4. The van der Waals surface area contributed by atoms with Gasteiger partial charge >= 0.3 is 0 Å². The molecule has 3 N–H and O–H groups in total. The summed E-state index contributed by atoms with van der Waals surface area (Å²) < 4.78 is 23.2. The maximum absolute atomic E-state index is 13.2. The third kappa shape index (κ3) is 5.20. The number of fused-ring (bicyclic) bond motifs is 2. The number of carbonyl (C=O) groups excluding carboxylic acids is 1. The average molecular weight is 599 g/mol. The van der Waals surface area contributed by atoms with Gasteiger partial charge in [-0.25, -0.2) is 4.98 Å². The van der Waals surface area contributed by atoms with Crippen molar-refractivity contribution in [1.82, 2.24) is 24.8 Å². The number of hydrogen-bond donors (Lipinski definition) is 3. The lowest BCUT2D eigenvalue weighted by Crippen LogP contribution is -2.30. The fraction of sp³-hybridized carbons (Fsp3) is 0.375. The number of hydrogen-bond acceptors (Lipinski definition) is 10. The molecular weight excluding hydrogens is 564 g/mol. The number of nitrogens with one attached hydrogen (secondary N) is 2. The van der Waals surface area contributed by atoms with Crippen LogP contribution in [0.3, 0.4) is 0 Å². The second-order valence-electron chi connectivity index (χ2n) is 11.3. The van der Waals surface area contributed by atoms with Crippen LogP contribution >= 0.6 is 0 Å². The predicted molar refractivity (Wildman–Crippen MR) is 163 cm³/mol. The molecule has 0 unspecified atom stereocenters. The summed E-state index contributed by atoms with van der Waals surface area (Å²) in [6, 6.07) is 11.0. The number of H-pyrrole nitrogens is 1. The van der Waals surface area contributed by atoms with Crippen LogP contribution in [0, 0.1) is 6.92 Å². The second-order valence-corrected chi connectivity index (χ2v) is 11.3. The van der Waals surface area contributed by atoms with Crippen LogP contribution in [0.25, 0.3) is 33.3 Å². The van der Waals surface area contributed by atoms with Gasteiger partial charge in [-0.05, 0) is 61.6 Å². The molecule has 7 rings (SSSR count). The van der Waals surface area contributed by atoms with Crippen molar-refractivity contribution in [3.63, 3.8) is 0 Å². The molecule has 0 spiro atoms. The molecule has 12 heteroatoms. The maximum atomic E-state index is 13.2. The molecule has 2 fully saturated rings. The van der Waals surface area contributed by atoms with Crippen molar-refractivity contribution in [2.45, 2.75) is 50.9 Å². The Kier molecular flexibility index (Phi) is 7.31. The van der Waals surface area contributed by atoms with Gasteiger partial charge in [0.25, 0.3) is 5.91 Å². The molecule has 2 aromatic carbocycles. The van der Waals surface area contributed by atoms with E-state index >= 15 is 0 Å². The SMILES string of the molecule is COc1cc(C(=O)N2C[C@H](O)[C@H](OC)C2)ccc1Nc1nc(OC2CCCC2)c2c(-c3ccc4nc(C)oc4c3)c[nH]c2n1. The van der Waals surface area contributed by atoms with E-state index in [2.05, 4.69) is 15.3 Å². The number of benzene rings is 2. The molecule has 12 nitrogen and oxygen atoms in total. The Bertz CT molecular complexity index is 1840. The molecule has 0 bridgehead atoms. The first-order valence-corrected chi connectivity index (χ1v) is 14.8. The molecule has 228 valence electrons. The Labute approximate surface area is 253 Å². The fourth-order valence-electron chi connectivity index (χ4n) is 6.13. The lowest BCUT2D eigenvalue weighted by Gasteiger charge is -2.18. The standard InChI is InChI=1S/C32H34N6O6/c1-17-34-23-10-8-18(12-26(23)43-17)21-14-33-29-28(21)30(44-20-6-4-5-7-20)37-32(36-29)35-22-11-9-19(13-25(22)41-2)31(40)38-15-24(39)27(16-38)42-3/h8-14,20,24,27,39H,4-7,15-16H2,1-3H3,(H2,33,35,36,37)/t24-,27+/m0/s1.